The van der Waals surface area contributed by atoms with Crippen molar-refractivity contribution in [2.45, 2.75) is 31.6 Å². The second kappa shape index (κ2) is 6.42. The van der Waals surface area contributed by atoms with E-state index in [0.717, 1.165) is 25.1 Å². The van der Waals surface area contributed by atoms with Crippen LogP contribution in [0.4, 0.5) is 0 Å². The highest BCUT2D eigenvalue weighted by Crippen LogP contribution is 2.40. The van der Waals surface area contributed by atoms with E-state index in [0.29, 0.717) is 37.6 Å². The molecule has 0 aliphatic carbocycles. The minimum absolute atomic E-state index is 0.0380. The van der Waals surface area contributed by atoms with Gasteiger partial charge in [-0.25, -0.2) is 0 Å². The predicted octanol–water partition coefficient (Wildman–Crippen LogP) is 2.59. The van der Waals surface area contributed by atoms with E-state index in [1.165, 1.54) is 0 Å². The molecule has 2 N–H and O–H groups in total. The van der Waals surface area contributed by atoms with Crippen molar-refractivity contribution in [3.8, 4) is 0 Å². The Bertz CT molecular complexity index is 586. The van der Waals surface area contributed by atoms with Gasteiger partial charge in [-0.1, -0.05) is 30.7 Å². The molecule has 2 aliphatic rings. The lowest BCUT2D eigenvalue weighted by atomic mass is 9.73. The number of rotatable bonds is 3. The molecule has 1 atom stereocenters. The Morgan fingerprint density at radius 1 is 1.35 bits per heavy atom. The Labute approximate surface area is 142 Å². The van der Waals surface area contributed by atoms with Crippen LogP contribution in [0.5, 0.6) is 0 Å². The van der Waals surface area contributed by atoms with Crippen molar-refractivity contribution in [2.24, 2.45) is 11.1 Å². The van der Waals surface area contributed by atoms with Gasteiger partial charge in [0, 0.05) is 31.3 Å². The van der Waals surface area contributed by atoms with Crippen molar-refractivity contribution in [1.82, 2.24) is 4.90 Å². The summed E-state index contributed by atoms with van der Waals surface area (Å²) in [6.07, 6.45) is 2.39. The van der Waals surface area contributed by atoms with Gasteiger partial charge >= 0.3 is 0 Å². The average Bonchev–Trinajstić information content (AvgIpc) is 2.98. The molecule has 2 saturated heterocycles. The number of hydrogen-bond donors (Lipinski definition) is 1. The zero-order chi connectivity index (χ0) is 16.5. The van der Waals surface area contributed by atoms with Gasteiger partial charge in [-0.15, -0.1) is 0 Å². The van der Waals surface area contributed by atoms with Crippen LogP contribution in [-0.2, 0) is 14.9 Å². The molecule has 1 unspecified atom stereocenters. The van der Waals surface area contributed by atoms with Crippen molar-refractivity contribution in [1.29, 1.82) is 0 Å². The molecule has 2 fully saturated rings. The summed E-state index contributed by atoms with van der Waals surface area (Å²) < 4.78 is 5.53. The van der Waals surface area contributed by atoms with Crippen LogP contribution in [-0.4, -0.2) is 43.7 Å². The third-order valence-electron chi connectivity index (χ3n) is 5.47. The Kier molecular flexibility index (Phi) is 4.68. The molecular formula is C18H25ClN2O2. The lowest BCUT2D eigenvalue weighted by molar-refractivity contribution is -0.140. The molecule has 2 aliphatic heterocycles. The van der Waals surface area contributed by atoms with Crippen molar-refractivity contribution in [2.75, 3.05) is 32.8 Å². The lowest BCUT2D eigenvalue weighted by Gasteiger charge is -2.39. The van der Waals surface area contributed by atoms with Crippen LogP contribution >= 0.6 is 11.6 Å². The van der Waals surface area contributed by atoms with E-state index in [-0.39, 0.29) is 11.3 Å². The van der Waals surface area contributed by atoms with Crippen LogP contribution in [0, 0.1) is 5.41 Å². The van der Waals surface area contributed by atoms with E-state index in [4.69, 9.17) is 22.1 Å². The van der Waals surface area contributed by atoms with Gasteiger partial charge in [0.25, 0.3) is 0 Å². The number of nitrogens with zero attached hydrogens (tertiary/aromatic N) is 1. The number of hydrogen-bond acceptors (Lipinski definition) is 3. The molecule has 0 radical (unpaired) electrons. The minimum atomic E-state index is -0.511. The largest absolute Gasteiger partial charge is 0.381 e. The van der Waals surface area contributed by atoms with Crippen LogP contribution in [0.1, 0.15) is 31.7 Å². The van der Waals surface area contributed by atoms with Gasteiger partial charge in [-0.3, -0.25) is 4.79 Å². The molecule has 0 bridgehead atoms. The predicted molar refractivity (Wildman–Crippen MR) is 91.5 cm³/mol. The van der Waals surface area contributed by atoms with Crippen LogP contribution < -0.4 is 5.73 Å². The number of amides is 1. The van der Waals surface area contributed by atoms with Crippen molar-refractivity contribution in [3.63, 3.8) is 0 Å². The summed E-state index contributed by atoms with van der Waals surface area (Å²) in [6.45, 7) is 5.53. The Balaban J connectivity index is 1.92. The van der Waals surface area contributed by atoms with Crippen molar-refractivity contribution in [3.05, 3.63) is 34.9 Å². The molecule has 2 heterocycles. The number of halogens is 1. The van der Waals surface area contributed by atoms with Crippen LogP contribution in [0.2, 0.25) is 5.02 Å². The van der Waals surface area contributed by atoms with Gasteiger partial charge in [0.2, 0.25) is 5.91 Å². The first kappa shape index (κ1) is 16.7. The van der Waals surface area contributed by atoms with Gasteiger partial charge in [-0.2, -0.15) is 0 Å². The van der Waals surface area contributed by atoms with Gasteiger partial charge in [0.1, 0.15) is 0 Å². The van der Waals surface area contributed by atoms with Crippen molar-refractivity contribution >= 4 is 17.5 Å². The number of nitrogens with two attached hydrogens (primary N) is 1. The normalized spacial score (nSPS) is 27.2. The van der Waals surface area contributed by atoms with Gasteiger partial charge in [-0.05, 0) is 48.9 Å². The third kappa shape index (κ3) is 3.12. The van der Waals surface area contributed by atoms with Gasteiger partial charge in [0.05, 0.1) is 5.41 Å². The molecule has 126 valence electrons. The van der Waals surface area contributed by atoms with E-state index in [9.17, 15) is 4.79 Å². The molecule has 0 aromatic heterocycles. The fourth-order valence-corrected chi connectivity index (χ4v) is 3.99. The Morgan fingerprint density at radius 2 is 2.09 bits per heavy atom. The topological polar surface area (TPSA) is 55.6 Å². The Morgan fingerprint density at radius 3 is 2.70 bits per heavy atom. The number of ether oxygens (including phenoxy) is 1. The highest BCUT2D eigenvalue weighted by Gasteiger charge is 2.47. The summed E-state index contributed by atoms with van der Waals surface area (Å²) in [5, 5.41) is 0.675. The maximum atomic E-state index is 13.4. The average molecular weight is 337 g/mol. The lowest BCUT2D eigenvalue weighted by Crippen LogP contribution is -2.50. The molecule has 0 saturated carbocycles. The van der Waals surface area contributed by atoms with Crippen molar-refractivity contribution < 1.29 is 9.53 Å². The fourth-order valence-electron chi connectivity index (χ4n) is 3.80. The summed E-state index contributed by atoms with van der Waals surface area (Å²) in [7, 11) is 0. The van der Waals surface area contributed by atoms with E-state index in [2.05, 4.69) is 6.92 Å². The number of benzene rings is 1. The number of likely N-dealkylation sites (tertiary alicyclic amines) is 1. The molecule has 3 rings (SSSR count). The van der Waals surface area contributed by atoms with E-state index < -0.39 is 5.41 Å². The second-order valence-corrected chi connectivity index (χ2v) is 7.63. The first-order valence-electron chi connectivity index (χ1n) is 8.32. The van der Waals surface area contributed by atoms with Crippen LogP contribution in [0.3, 0.4) is 0 Å². The molecule has 1 amide bonds. The zero-order valence-electron chi connectivity index (χ0n) is 13.7. The fraction of sp³-hybridized carbons (Fsp3) is 0.611. The van der Waals surface area contributed by atoms with E-state index in [1.54, 1.807) is 0 Å². The van der Waals surface area contributed by atoms with Gasteiger partial charge in [0.15, 0.2) is 0 Å². The summed E-state index contributed by atoms with van der Waals surface area (Å²) in [4.78, 5) is 15.4. The highest BCUT2D eigenvalue weighted by atomic mass is 35.5. The van der Waals surface area contributed by atoms with Crippen LogP contribution in [0.15, 0.2) is 24.3 Å². The third-order valence-corrected chi connectivity index (χ3v) is 5.71. The smallest absolute Gasteiger partial charge is 0.233 e. The minimum Gasteiger partial charge on any atom is -0.381 e. The highest BCUT2D eigenvalue weighted by molar-refractivity contribution is 6.30. The van der Waals surface area contributed by atoms with Gasteiger partial charge < -0.3 is 15.4 Å². The molecule has 0 spiro atoms. The monoisotopic (exact) mass is 336 g/mol. The standard InChI is InChI=1S/C18H25ClN2O2/c1-17(12-20)5-8-21(13-17)16(22)18(6-9-23-10-7-18)14-3-2-4-15(19)11-14/h2-4,11H,5-10,12-13,20H2,1H3. The SMILES string of the molecule is CC1(CN)CCN(C(=O)C2(c3cccc(Cl)c3)CCOCC2)C1. The van der Waals surface area contributed by atoms with Crippen LogP contribution in [0.25, 0.3) is 0 Å². The molecule has 1 aromatic rings. The number of carbonyl (C=O) groups is 1. The first-order valence-corrected chi connectivity index (χ1v) is 8.70. The molecular weight excluding hydrogens is 312 g/mol. The first-order chi connectivity index (χ1) is 11.0. The Hall–Kier alpha value is -1.10. The maximum absolute atomic E-state index is 13.4. The molecule has 1 aromatic carbocycles. The summed E-state index contributed by atoms with van der Waals surface area (Å²) in [5.74, 6) is 0.209. The maximum Gasteiger partial charge on any atom is 0.233 e. The summed E-state index contributed by atoms with van der Waals surface area (Å²) in [6, 6.07) is 7.73. The quantitative estimate of drug-likeness (QED) is 0.923. The molecule has 4 nitrogen and oxygen atoms in total. The zero-order valence-corrected chi connectivity index (χ0v) is 14.4. The second-order valence-electron chi connectivity index (χ2n) is 7.20. The summed E-state index contributed by atoms with van der Waals surface area (Å²) in [5.41, 5.74) is 6.44. The summed E-state index contributed by atoms with van der Waals surface area (Å²) >= 11 is 6.19. The molecule has 23 heavy (non-hydrogen) atoms. The van der Waals surface area contributed by atoms with E-state index in [1.807, 2.05) is 29.2 Å². The number of carbonyl (C=O) groups excluding carboxylic acids is 1. The van der Waals surface area contributed by atoms with E-state index >= 15 is 0 Å². The molecule has 5 heteroatoms.